The van der Waals surface area contributed by atoms with E-state index < -0.39 is 11.7 Å². The summed E-state index contributed by atoms with van der Waals surface area (Å²) in [6.45, 7) is 5.86. The minimum Gasteiger partial charge on any atom is -0.496 e. The van der Waals surface area contributed by atoms with Gasteiger partial charge >= 0.3 is 0 Å². The smallest absolute Gasteiger partial charge is 0.278 e. The van der Waals surface area contributed by atoms with Crippen LogP contribution in [0.15, 0.2) is 54.2 Å². The van der Waals surface area contributed by atoms with E-state index in [-0.39, 0.29) is 12.5 Å². The summed E-state index contributed by atoms with van der Waals surface area (Å²) in [5.74, 6) is -0.729. The van der Waals surface area contributed by atoms with Crippen LogP contribution < -0.4 is 4.74 Å². The van der Waals surface area contributed by atoms with E-state index in [1.807, 2.05) is 17.0 Å². The van der Waals surface area contributed by atoms with E-state index in [1.54, 1.807) is 30.3 Å². The minimum atomic E-state index is -0.438. The number of carbonyl (C=O) groups excluding carboxylic acids is 2. The lowest BCUT2D eigenvalue weighted by Gasteiger charge is -2.36. The van der Waals surface area contributed by atoms with Crippen LogP contribution in [0.1, 0.15) is 18.1 Å². The monoisotopic (exact) mass is 423 g/mol. The molecule has 2 heterocycles. The number of benzene rings is 2. The normalized spacial score (nSPS) is 17.6. The third-order valence-corrected chi connectivity index (χ3v) is 5.94. The fraction of sp³-hybridized carbons (Fsp3) is 0.333. The number of para-hydroxylation sites is 1. The molecule has 0 aromatic heterocycles. The summed E-state index contributed by atoms with van der Waals surface area (Å²) in [5.41, 5.74) is 1.58. The molecule has 0 atom stereocenters. The highest BCUT2D eigenvalue weighted by atomic mass is 19.1. The zero-order valence-corrected chi connectivity index (χ0v) is 17.8. The van der Waals surface area contributed by atoms with Crippen molar-refractivity contribution in [1.29, 1.82) is 0 Å². The number of nitrogens with zero attached hydrogens (tertiary/aromatic N) is 3. The predicted octanol–water partition coefficient (Wildman–Crippen LogP) is 2.75. The van der Waals surface area contributed by atoms with Crippen LogP contribution in [0.25, 0.3) is 5.57 Å². The molecule has 0 spiro atoms. The van der Waals surface area contributed by atoms with Gasteiger partial charge in [0.1, 0.15) is 17.3 Å². The van der Waals surface area contributed by atoms with Crippen molar-refractivity contribution in [3.8, 4) is 5.75 Å². The molecule has 0 radical (unpaired) electrons. The second-order valence-corrected chi connectivity index (χ2v) is 7.63. The average Bonchev–Trinajstić information content (AvgIpc) is 3.05. The van der Waals surface area contributed by atoms with Crippen molar-refractivity contribution in [3.05, 3.63) is 71.2 Å². The maximum absolute atomic E-state index is 14.3. The Balaban J connectivity index is 1.75. The zero-order valence-electron chi connectivity index (χ0n) is 17.8. The van der Waals surface area contributed by atoms with Gasteiger partial charge in [-0.1, -0.05) is 43.3 Å². The van der Waals surface area contributed by atoms with E-state index in [0.29, 0.717) is 41.2 Å². The van der Waals surface area contributed by atoms with Crippen LogP contribution >= 0.6 is 0 Å². The number of hydrogen-bond donors (Lipinski definition) is 0. The fourth-order valence-corrected chi connectivity index (χ4v) is 4.18. The highest BCUT2D eigenvalue weighted by molar-refractivity contribution is 6.35. The number of methoxy groups -OCH3 is 1. The Bertz CT molecular complexity index is 1030. The van der Waals surface area contributed by atoms with Gasteiger partial charge < -0.3 is 14.5 Å². The second kappa shape index (κ2) is 8.89. The van der Waals surface area contributed by atoms with Crippen LogP contribution in [-0.4, -0.2) is 66.3 Å². The maximum Gasteiger partial charge on any atom is 0.278 e. The lowest BCUT2D eigenvalue weighted by Crippen LogP contribution is -2.47. The molecule has 0 unspecified atom stereocenters. The van der Waals surface area contributed by atoms with Gasteiger partial charge in [-0.2, -0.15) is 0 Å². The molecular weight excluding hydrogens is 397 g/mol. The molecule has 2 aromatic rings. The SMILES string of the molecule is CCN1CCN(C2=C(c3ccccc3OC)C(=O)N(Cc3ccccc3F)C2=O)CC1. The summed E-state index contributed by atoms with van der Waals surface area (Å²) in [5, 5.41) is 0. The number of carbonyl (C=O) groups is 2. The number of imide groups is 1. The van der Waals surface area contributed by atoms with Crippen LogP contribution in [0.2, 0.25) is 0 Å². The Hall–Kier alpha value is -3.19. The Morgan fingerprint density at radius 2 is 1.61 bits per heavy atom. The van der Waals surface area contributed by atoms with Crippen LogP contribution in [0.3, 0.4) is 0 Å². The molecule has 0 aliphatic carbocycles. The number of amides is 2. The molecular formula is C24H26FN3O3. The van der Waals surface area contributed by atoms with Crippen LogP contribution in [0.5, 0.6) is 5.75 Å². The molecule has 0 bridgehead atoms. The summed E-state index contributed by atoms with van der Waals surface area (Å²) < 4.78 is 19.8. The van der Waals surface area contributed by atoms with Gasteiger partial charge in [-0.15, -0.1) is 0 Å². The average molecular weight is 423 g/mol. The number of halogens is 1. The van der Waals surface area contributed by atoms with Crippen molar-refractivity contribution in [2.24, 2.45) is 0 Å². The van der Waals surface area contributed by atoms with Crippen molar-refractivity contribution >= 4 is 17.4 Å². The van der Waals surface area contributed by atoms with Gasteiger partial charge in [0.25, 0.3) is 11.8 Å². The van der Waals surface area contributed by atoms with Crippen LogP contribution in [0.4, 0.5) is 4.39 Å². The molecule has 2 aliphatic rings. The van der Waals surface area contributed by atoms with Crippen molar-refractivity contribution in [1.82, 2.24) is 14.7 Å². The number of rotatable bonds is 6. The summed E-state index contributed by atoms with van der Waals surface area (Å²) >= 11 is 0. The standard InChI is InChI=1S/C24H26FN3O3/c1-3-26-12-14-27(15-13-26)22-21(18-9-5-7-11-20(18)31-2)23(29)28(24(22)30)16-17-8-4-6-10-19(17)25/h4-11H,3,12-16H2,1-2H3. The maximum atomic E-state index is 14.3. The Morgan fingerprint density at radius 3 is 2.29 bits per heavy atom. The molecule has 2 aromatic carbocycles. The first-order valence-corrected chi connectivity index (χ1v) is 10.5. The van der Waals surface area contributed by atoms with E-state index in [0.717, 1.165) is 24.5 Å². The Morgan fingerprint density at radius 1 is 0.935 bits per heavy atom. The molecule has 0 saturated carbocycles. The highest BCUT2D eigenvalue weighted by Gasteiger charge is 2.43. The van der Waals surface area contributed by atoms with Gasteiger partial charge in [-0.25, -0.2) is 4.39 Å². The number of ether oxygens (including phenoxy) is 1. The molecule has 162 valence electrons. The van der Waals surface area contributed by atoms with Crippen LogP contribution in [-0.2, 0) is 16.1 Å². The van der Waals surface area contributed by atoms with Gasteiger partial charge in [0.05, 0.1) is 19.2 Å². The van der Waals surface area contributed by atoms with Gasteiger partial charge in [-0.3, -0.25) is 14.5 Å². The van der Waals surface area contributed by atoms with Crippen molar-refractivity contribution in [2.75, 3.05) is 39.8 Å². The van der Waals surface area contributed by atoms with E-state index in [4.69, 9.17) is 4.74 Å². The first-order chi connectivity index (χ1) is 15.0. The van der Waals surface area contributed by atoms with Gasteiger partial charge in [-0.05, 0) is 18.7 Å². The minimum absolute atomic E-state index is 0.110. The number of piperazine rings is 1. The van der Waals surface area contributed by atoms with Crippen molar-refractivity contribution in [3.63, 3.8) is 0 Å². The first-order valence-electron chi connectivity index (χ1n) is 10.5. The summed E-state index contributed by atoms with van der Waals surface area (Å²) in [6, 6.07) is 13.4. The van der Waals surface area contributed by atoms with Crippen LogP contribution in [0, 0.1) is 5.82 Å². The zero-order chi connectivity index (χ0) is 22.0. The first kappa shape index (κ1) is 21.1. The van der Waals surface area contributed by atoms with E-state index in [2.05, 4.69) is 11.8 Å². The fourth-order valence-electron chi connectivity index (χ4n) is 4.18. The molecule has 2 amide bonds. The molecule has 0 N–H and O–H groups in total. The Labute approximate surface area is 181 Å². The van der Waals surface area contributed by atoms with E-state index in [9.17, 15) is 14.0 Å². The third-order valence-electron chi connectivity index (χ3n) is 5.94. The molecule has 7 heteroatoms. The molecule has 2 aliphatic heterocycles. The number of likely N-dealkylation sites (N-methyl/N-ethyl adjacent to an activating group) is 1. The lowest BCUT2D eigenvalue weighted by molar-refractivity contribution is -0.138. The largest absolute Gasteiger partial charge is 0.496 e. The lowest BCUT2D eigenvalue weighted by atomic mass is 10.0. The van der Waals surface area contributed by atoms with Gasteiger partial charge in [0.15, 0.2) is 0 Å². The summed E-state index contributed by atoms with van der Waals surface area (Å²) in [7, 11) is 1.54. The molecule has 4 rings (SSSR count). The van der Waals surface area contributed by atoms with Gasteiger partial charge in [0.2, 0.25) is 0 Å². The topological polar surface area (TPSA) is 53.1 Å². The quantitative estimate of drug-likeness (QED) is 0.669. The molecule has 31 heavy (non-hydrogen) atoms. The summed E-state index contributed by atoms with van der Waals surface area (Å²) in [6.07, 6.45) is 0. The van der Waals surface area contributed by atoms with Gasteiger partial charge in [0, 0.05) is 37.3 Å². The van der Waals surface area contributed by atoms with Crippen molar-refractivity contribution in [2.45, 2.75) is 13.5 Å². The van der Waals surface area contributed by atoms with E-state index in [1.165, 1.54) is 13.2 Å². The predicted molar refractivity (Wildman–Crippen MR) is 116 cm³/mol. The van der Waals surface area contributed by atoms with Crippen molar-refractivity contribution < 1.29 is 18.7 Å². The molecule has 6 nitrogen and oxygen atoms in total. The second-order valence-electron chi connectivity index (χ2n) is 7.63. The summed E-state index contributed by atoms with van der Waals surface area (Å²) in [4.78, 5) is 32.4. The third kappa shape index (κ3) is 3.93. The van der Waals surface area contributed by atoms with E-state index >= 15 is 0 Å². The number of hydrogen-bond acceptors (Lipinski definition) is 5. The Kier molecular flexibility index (Phi) is 6.04. The molecule has 1 fully saturated rings. The molecule has 1 saturated heterocycles. The highest BCUT2D eigenvalue weighted by Crippen LogP contribution is 2.37.